The molecule has 1 aliphatic carbocycles. The number of hydrogen-bond acceptors (Lipinski definition) is 2. The van der Waals surface area contributed by atoms with Crippen molar-refractivity contribution in [2.45, 2.75) is 30.9 Å². The van der Waals surface area contributed by atoms with Crippen LogP contribution in [0.2, 0.25) is 0 Å². The summed E-state index contributed by atoms with van der Waals surface area (Å²) in [7, 11) is 1.67. The largest absolute Gasteiger partial charge is 0.469 e. The van der Waals surface area contributed by atoms with Gasteiger partial charge >= 0.3 is 6.18 Å². The maximum absolute atomic E-state index is 12.9. The van der Waals surface area contributed by atoms with Crippen LogP contribution < -0.4 is 10.6 Å². The van der Waals surface area contributed by atoms with Gasteiger partial charge in [-0.3, -0.25) is 4.99 Å². The van der Waals surface area contributed by atoms with Crippen LogP contribution >= 0.6 is 0 Å². The maximum Gasteiger partial charge on any atom is 0.416 e. The number of halogens is 3. The molecule has 2 aromatic rings. The van der Waals surface area contributed by atoms with E-state index in [1.807, 2.05) is 12.1 Å². The molecule has 0 spiro atoms. The molecule has 26 heavy (non-hydrogen) atoms. The lowest BCUT2D eigenvalue weighted by Gasteiger charge is -2.20. The van der Waals surface area contributed by atoms with Crippen molar-refractivity contribution in [3.8, 4) is 0 Å². The summed E-state index contributed by atoms with van der Waals surface area (Å²) in [6, 6.07) is 9.38. The molecular formula is C19H22F3N3O. The van der Waals surface area contributed by atoms with Gasteiger partial charge in [-0.15, -0.1) is 0 Å². The van der Waals surface area contributed by atoms with Crippen molar-refractivity contribution in [3.63, 3.8) is 0 Å². The predicted molar refractivity (Wildman–Crippen MR) is 94.1 cm³/mol. The van der Waals surface area contributed by atoms with Crippen molar-refractivity contribution in [2.75, 3.05) is 20.1 Å². The van der Waals surface area contributed by atoms with Crippen molar-refractivity contribution in [2.24, 2.45) is 4.99 Å². The van der Waals surface area contributed by atoms with Crippen LogP contribution in [0.5, 0.6) is 0 Å². The number of nitrogens with one attached hydrogen (secondary N) is 2. The molecule has 0 unspecified atom stereocenters. The summed E-state index contributed by atoms with van der Waals surface area (Å²) in [5, 5.41) is 6.43. The van der Waals surface area contributed by atoms with Gasteiger partial charge in [0.05, 0.1) is 11.8 Å². The topological polar surface area (TPSA) is 49.6 Å². The molecule has 1 aromatic carbocycles. The van der Waals surface area contributed by atoms with E-state index >= 15 is 0 Å². The van der Waals surface area contributed by atoms with Gasteiger partial charge in [-0.2, -0.15) is 13.2 Å². The predicted octanol–water partition coefficient (Wildman–Crippen LogP) is 3.74. The summed E-state index contributed by atoms with van der Waals surface area (Å²) in [6.07, 6.45) is -0.223. The standard InChI is InChI=1S/C19H22F3N3O/c1-23-17(24-10-7-16-6-3-11-26-16)25-13-18(8-9-18)14-4-2-5-15(12-14)19(20,21)22/h2-6,11-12H,7-10,13H2,1H3,(H2,23,24,25). The Balaban J connectivity index is 1.56. The lowest BCUT2D eigenvalue weighted by Crippen LogP contribution is -2.42. The summed E-state index contributed by atoms with van der Waals surface area (Å²) in [5.74, 6) is 1.52. The van der Waals surface area contributed by atoms with Crippen LogP contribution in [0.4, 0.5) is 13.2 Å². The normalized spacial score (nSPS) is 16.4. The quantitative estimate of drug-likeness (QED) is 0.606. The fourth-order valence-electron chi connectivity index (χ4n) is 2.98. The summed E-state index contributed by atoms with van der Waals surface area (Å²) in [5.41, 5.74) is -0.118. The fraction of sp³-hybridized carbons (Fsp3) is 0.421. The van der Waals surface area contributed by atoms with Gasteiger partial charge in [-0.25, -0.2) is 0 Å². The molecule has 0 atom stereocenters. The molecule has 1 fully saturated rings. The minimum Gasteiger partial charge on any atom is -0.469 e. The molecular weight excluding hydrogens is 343 g/mol. The van der Waals surface area contributed by atoms with Gasteiger partial charge < -0.3 is 15.1 Å². The number of hydrogen-bond donors (Lipinski definition) is 2. The molecule has 0 amide bonds. The van der Waals surface area contributed by atoms with Crippen LogP contribution in [0.1, 0.15) is 29.7 Å². The summed E-state index contributed by atoms with van der Waals surface area (Å²) in [4.78, 5) is 4.17. The summed E-state index contributed by atoms with van der Waals surface area (Å²) >= 11 is 0. The molecule has 0 radical (unpaired) electrons. The number of rotatable bonds is 6. The van der Waals surface area contributed by atoms with E-state index in [9.17, 15) is 13.2 Å². The first-order chi connectivity index (χ1) is 12.4. The highest BCUT2D eigenvalue weighted by molar-refractivity contribution is 5.79. The Hall–Kier alpha value is -2.44. The Bertz CT molecular complexity index is 750. The highest BCUT2D eigenvalue weighted by atomic mass is 19.4. The summed E-state index contributed by atoms with van der Waals surface area (Å²) in [6.45, 7) is 1.21. The third kappa shape index (κ3) is 4.39. The highest BCUT2D eigenvalue weighted by Crippen LogP contribution is 2.48. The van der Waals surface area contributed by atoms with Crippen molar-refractivity contribution in [3.05, 3.63) is 59.5 Å². The Kier molecular flexibility index (Phi) is 5.25. The molecule has 0 bridgehead atoms. The number of alkyl halides is 3. The number of nitrogens with zero attached hydrogens (tertiary/aromatic N) is 1. The summed E-state index contributed by atoms with van der Waals surface area (Å²) < 4.78 is 44.1. The first-order valence-corrected chi connectivity index (χ1v) is 8.58. The maximum atomic E-state index is 12.9. The van der Waals surface area contributed by atoms with Gasteiger partial charge in [0.1, 0.15) is 5.76 Å². The molecule has 1 aromatic heterocycles. The van der Waals surface area contributed by atoms with E-state index in [4.69, 9.17) is 4.42 Å². The molecule has 0 aliphatic heterocycles. The van der Waals surface area contributed by atoms with E-state index in [1.54, 1.807) is 19.4 Å². The third-order valence-electron chi connectivity index (χ3n) is 4.72. The van der Waals surface area contributed by atoms with Gasteiger partial charge in [-0.05, 0) is 36.6 Å². The first-order valence-electron chi connectivity index (χ1n) is 8.58. The Morgan fingerprint density at radius 1 is 1.19 bits per heavy atom. The highest BCUT2D eigenvalue weighted by Gasteiger charge is 2.45. The number of benzene rings is 1. The zero-order chi connectivity index (χ0) is 18.6. The van der Waals surface area contributed by atoms with Gasteiger partial charge in [0.25, 0.3) is 0 Å². The molecule has 0 saturated heterocycles. The van der Waals surface area contributed by atoms with Crippen molar-refractivity contribution in [1.82, 2.24) is 10.6 Å². The molecule has 2 N–H and O–H groups in total. The van der Waals surface area contributed by atoms with Gasteiger partial charge in [0.2, 0.25) is 0 Å². The van der Waals surface area contributed by atoms with Crippen LogP contribution in [-0.2, 0) is 18.0 Å². The minimum absolute atomic E-state index is 0.250. The van der Waals surface area contributed by atoms with Gasteiger partial charge in [-0.1, -0.05) is 18.2 Å². The van der Waals surface area contributed by atoms with Crippen LogP contribution in [0.3, 0.4) is 0 Å². The Labute approximate surface area is 150 Å². The van der Waals surface area contributed by atoms with E-state index in [1.165, 1.54) is 12.1 Å². The molecule has 3 rings (SSSR count). The number of guanidine groups is 1. The van der Waals surface area contributed by atoms with Crippen molar-refractivity contribution in [1.29, 1.82) is 0 Å². The average molecular weight is 365 g/mol. The van der Waals surface area contributed by atoms with Crippen LogP contribution in [0.25, 0.3) is 0 Å². The second kappa shape index (κ2) is 7.43. The lowest BCUT2D eigenvalue weighted by molar-refractivity contribution is -0.137. The van der Waals surface area contributed by atoms with E-state index in [-0.39, 0.29) is 5.41 Å². The minimum atomic E-state index is -4.32. The number of aliphatic imine (C=N–C) groups is 1. The van der Waals surface area contributed by atoms with Crippen molar-refractivity contribution >= 4 is 5.96 Å². The second-order valence-corrected chi connectivity index (χ2v) is 6.54. The SMILES string of the molecule is CN=C(NCCc1ccco1)NCC1(c2cccc(C(F)(F)F)c2)CC1. The zero-order valence-electron chi connectivity index (χ0n) is 14.6. The lowest BCUT2D eigenvalue weighted by atomic mass is 9.94. The van der Waals surface area contributed by atoms with Gasteiger partial charge in [0.15, 0.2) is 5.96 Å². The molecule has 1 aliphatic rings. The zero-order valence-corrected chi connectivity index (χ0v) is 14.6. The second-order valence-electron chi connectivity index (χ2n) is 6.54. The van der Waals surface area contributed by atoms with Crippen LogP contribution in [0.15, 0.2) is 52.1 Å². The third-order valence-corrected chi connectivity index (χ3v) is 4.72. The van der Waals surface area contributed by atoms with E-state index < -0.39 is 11.7 Å². The van der Waals surface area contributed by atoms with Crippen LogP contribution in [-0.4, -0.2) is 26.1 Å². The smallest absolute Gasteiger partial charge is 0.416 e. The molecule has 4 nitrogen and oxygen atoms in total. The van der Waals surface area contributed by atoms with Crippen molar-refractivity contribution < 1.29 is 17.6 Å². The Morgan fingerprint density at radius 2 is 2.00 bits per heavy atom. The average Bonchev–Trinajstić information content (AvgIpc) is 3.24. The monoisotopic (exact) mass is 365 g/mol. The number of furan rings is 1. The Morgan fingerprint density at radius 3 is 2.62 bits per heavy atom. The van der Waals surface area contributed by atoms with Gasteiger partial charge in [0, 0.05) is 32.0 Å². The van der Waals surface area contributed by atoms with E-state index in [0.717, 1.165) is 36.7 Å². The fourth-order valence-corrected chi connectivity index (χ4v) is 2.98. The molecule has 1 saturated carbocycles. The molecule has 140 valence electrons. The molecule has 7 heteroatoms. The first kappa shape index (κ1) is 18.4. The van der Waals surface area contributed by atoms with E-state index in [0.29, 0.717) is 19.0 Å². The van der Waals surface area contributed by atoms with Crippen LogP contribution in [0, 0.1) is 0 Å². The molecule has 1 heterocycles. The van der Waals surface area contributed by atoms with E-state index in [2.05, 4.69) is 15.6 Å².